The van der Waals surface area contributed by atoms with Crippen molar-refractivity contribution in [1.82, 2.24) is 0 Å². The Kier molecular flexibility index (Phi) is 4.40. The summed E-state index contributed by atoms with van der Waals surface area (Å²) in [6, 6.07) is 5.86. The summed E-state index contributed by atoms with van der Waals surface area (Å²) >= 11 is 0. The number of aliphatic hydroxyl groups is 1. The molecule has 0 fully saturated rings. The number of aryl methyl sites for hydroxylation is 1. The molecule has 0 radical (unpaired) electrons. The predicted octanol–water partition coefficient (Wildman–Crippen LogP) is 2.79. The van der Waals surface area contributed by atoms with Gasteiger partial charge in [0.2, 0.25) is 0 Å². The van der Waals surface area contributed by atoms with Crippen LogP contribution in [0.25, 0.3) is 0 Å². The summed E-state index contributed by atoms with van der Waals surface area (Å²) in [5.74, 6) is 0. The molecule has 0 amide bonds. The van der Waals surface area contributed by atoms with Crippen LogP contribution in [0.3, 0.4) is 0 Å². The number of nitrogens with one attached hydrogen (secondary N) is 1. The van der Waals surface area contributed by atoms with Crippen LogP contribution < -0.4 is 11.1 Å². The van der Waals surface area contributed by atoms with Gasteiger partial charge in [0, 0.05) is 6.54 Å². The van der Waals surface area contributed by atoms with Crippen molar-refractivity contribution in [2.75, 3.05) is 17.6 Å². The minimum atomic E-state index is -0.352. The molecule has 0 aliphatic rings. The fraction of sp³-hybridized carbons (Fsp3) is 0.571. The summed E-state index contributed by atoms with van der Waals surface area (Å²) in [5.41, 5.74) is 8.78. The van der Waals surface area contributed by atoms with Gasteiger partial charge in [-0.2, -0.15) is 0 Å². The average molecular weight is 236 g/mol. The third kappa shape index (κ3) is 5.09. The molecule has 0 aromatic heterocycles. The van der Waals surface area contributed by atoms with E-state index in [1.54, 1.807) is 0 Å². The zero-order valence-corrected chi connectivity index (χ0v) is 11.2. The van der Waals surface area contributed by atoms with E-state index in [4.69, 9.17) is 5.73 Å². The lowest BCUT2D eigenvalue weighted by atomic mass is 9.89. The molecule has 96 valence electrons. The average Bonchev–Trinajstić information content (AvgIpc) is 2.17. The van der Waals surface area contributed by atoms with Crippen LogP contribution in [-0.4, -0.2) is 17.8 Å². The third-order valence-corrected chi connectivity index (χ3v) is 2.58. The van der Waals surface area contributed by atoms with E-state index in [0.717, 1.165) is 23.4 Å². The number of aliphatic hydroxyl groups excluding tert-OH is 1. The van der Waals surface area contributed by atoms with Crippen molar-refractivity contribution < 1.29 is 5.11 Å². The van der Waals surface area contributed by atoms with Crippen molar-refractivity contribution in [2.45, 2.75) is 40.2 Å². The molecule has 0 saturated heterocycles. The summed E-state index contributed by atoms with van der Waals surface area (Å²) in [6.45, 7) is 8.92. The fourth-order valence-electron chi connectivity index (χ4n) is 1.83. The summed E-state index contributed by atoms with van der Waals surface area (Å²) < 4.78 is 0. The Hall–Kier alpha value is -1.22. The fourth-order valence-corrected chi connectivity index (χ4v) is 1.83. The van der Waals surface area contributed by atoms with Crippen molar-refractivity contribution in [3.63, 3.8) is 0 Å². The summed E-state index contributed by atoms with van der Waals surface area (Å²) in [5, 5.41) is 13.1. The molecule has 0 bridgehead atoms. The first-order chi connectivity index (χ1) is 7.78. The van der Waals surface area contributed by atoms with E-state index in [-0.39, 0.29) is 11.5 Å². The van der Waals surface area contributed by atoms with Crippen molar-refractivity contribution in [3.05, 3.63) is 23.8 Å². The molecule has 0 heterocycles. The Morgan fingerprint density at radius 1 is 1.35 bits per heavy atom. The topological polar surface area (TPSA) is 58.3 Å². The molecule has 1 aromatic rings. The standard InChI is InChI=1S/C14H24N2O/c1-10-5-6-12(15)13(7-10)16-9-11(17)8-14(2,3)4/h5-7,11,16-17H,8-9,15H2,1-4H3. The highest BCUT2D eigenvalue weighted by molar-refractivity contribution is 5.66. The van der Waals surface area contributed by atoms with Crippen LogP contribution in [0, 0.1) is 12.3 Å². The van der Waals surface area contributed by atoms with Gasteiger partial charge < -0.3 is 16.2 Å². The number of nitrogens with two attached hydrogens (primary N) is 1. The van der Waals surface area contributed by atoms with E-state index < -0.39 is 0 Å². The zero-order chi connectivity index (χ0) is 13.1. The normalized spacial score (nSPS) is 13.5. The van der Waals surface area contributed by atoms with Crippen molar-refractivity contribution >= 4 is 11.4 Å². The Bertz CT molecular complexity index is 369. The zero-order valence-electron chi connectivity index (χ0n) is 11.2. The summed E-state index contributed by atoms with van der Waals surface area (Å²) in [7, 11) is 0. The Morgan fingerprint density at radius 2 is 2.00 bits per heavy atom. The molecular formula is C14H24N2O. The second-order valence-electron chi connectivity index (χ2n) is 5.89. The number of hydrogen-bond acceptors (Lipinski definition) is 3. The quantitative estimate of drug-likeness (QED) is 0.705. The molecule has 17 heavy (non-hydrogen) atoms. The van der Waals surface area contributed by atoms with E-state index in [0.29, 0.717) is 6.54 Å². The van der Waals surface area contributed by atoms with Crippen LogP contribution in [0.15, 0.2) is 18.2 Å². The lowest BCUT2D eigenvalue weighted by Crippen LogP contribution is -2.25. The van der Waals surface area contributed by atoms with Crippen LogP contribution in [-0.2, 0) is 0 Å². The first-order valence-electron chi connectivity index (χ1n) is 6.06. The van der Waals surface area contributed by atoms with Gasteiger partial charge in [0.1, 0.15) is 0 Å². The molecule has 0 aliphatic carbocycles. The Morgan fingerprint density at radius 3 is 2.59 bits per heavy atom. The third-order valence-electron chi connectivity index (χ3n) is 2.58. The summed E-state index contributed by atoms with van der Waals surface area (Å²) in [6.07, 6.45) is 0.418. The number of benzene rings is 1. The minimum absolute atomic E-state index is 0.138. The largest absolute Gasteiger partial charge is 0.397 e. The number of hydrogen-bond donors (Lipinski definition) is 3. The van der Waals surface area contributed by atoms with Crippen LogP contribution in [0.5, 0.6) is 0 Å². The van der Waals surface area contributed by atoms with E-state index in [1.807, 2.05) is 25.1 Å². The predicted molar refractivity (Wildman–Crippen MR) is 74.2 cm³/mol. The monoisotopic (exact) mass is 236 g/mol. The molecule has 3 heteroatoms. The van der Waals surface area contributed by atoms with E-state index in [1.165, 1.54) is 0 Å². The molecule has 4 N–H and O–H groups in total. The van der Waals surface area contributed by atoms with Gasteiger partial charge in [0.25, 0.3) is 0 Å². The van der Waals surface area contributed by atoms with Crippen molar-refractivity contribution in [3.8, 4) is 0 Å². The second-order valence-corrected chi connectivity index (χ2v) is 5.89. The molecule has 1 aromatic carbocycles. The maximum atomic E-state index is 9.90. The molecule has 1 rings (SSSR count). The van der Waals surface area contributed by atoms with Crippen LogP contribution >= 0.6 is 0 Å². The molecular weight excluding hydrogens is 212 g/mol. The SMILES string of the molecule is Cc1ccc(N)c(NCC(O)CC(C)(C)C)c1. The molecule has 0 spiro atoms. The molecule has 3 nitrogen and oxygen atoms in total. The highest BCUT2D eigenvalue weighted by atomic mass is 16.3. The van der Waals surface area contributed by atoms with Crippen molar-refractivity contribution in [2.24, 2.45) is 5.41 Å². The lowest BCUT2D eigenvalue weighted by molar-refractivity contribution is 0.132. The minimum Gasteiger partial charge on any atom is -0.397 e. The van der Waals surface area contributed by atoms with Gasteiger partial charge in [-0.05, 0) is 36.5 Å². The number of nitrogen functional groups attached to an aromatic ring is 1. The first-order valence-corrected chi connectivity index (χ1v) is 6.06. The van der Waals surface area contributed by atoms with Gasteiger partial charge in [-0.15, -0.1) is 0 Å². The maximum absolute atomic E-state index is 9.90. The second kappa shape index (κ2) is 5.41. The van der Waals surface area contributed by atoms with E-state index >= 15 is 0 Å². The van der Waals surface area contributed by atoms with E-state index in [9.17, 15) is 5.11 Å². The highest BCUT2D eigenvalue weighted by Gasteiger charge is 2.16. The van der Waals surface area contributed by atoms with Crippen LogP contribution in [0.2, 0.25) is 0 Å². The van der Waals surface area contributed by atoms with Gasteiger partial charge in [-0.25, -0.2) is 0 Å². The van der Waals surface area contributed by atoms with Gasteiger partial charge in [0.15, 0.2) is 0 Å². The van der Waals surface area contributed by atoms with Gasteiger partial charge >= 0.3 is 0 Å². The smallest absolute Gasteiger partial charge is 0.0717 e. The van der Waals surface area contributed by atoms with Crippen LogP contribution in [0.1, 0.15) is 32.8 Å². The van der Waals surface area contributed by atoms with Gasteiger partial charge in [0.05, 0.1) is 17.5 Å². The summed E-state index contributed by atoms with van der Waals surface area (Å²) in [4.78, 5) is 0. The lowest BCUT2D eigenvalue weighted by Gasteiger charge is -2.23. The Labute approximate surface area is 104 Å². The molecule has 0 aliphatic heterocycles. The molecule has 1 atom stereocenters. The van der Waals surface area contributed by atoms with Gasteiger partial charge in [-0.1, -0.05) is 26.8 Å². The Balaban J connectivity index is 2.53. The van der Waals surface area contributed by atoms with E-state index in [2.05, 4.69) is 26.1 Å². The molecule has 0 saturated carbocycles. The van der Waals surface area contributed by atoms with Crippen LogP contribution in [0.4, 0.5) is 11.4 Å². The number of rotatable bonds is 4. The highest BCUT2D eigenvalue weighted by Crippen LogP contribution is 2.23. The molecule has 1 unspecified atom stereocenters. The van der Waals surface area contributed by atoms with Gasteiger partial charge in [-0.3, -0.25) is 0 Å². The number of anilines is 2. The first kappa shape index (κ1) is 13.8. The maximum Gasteiger partial charge on any atom is 0.0717 e. The van der Waals surface area contributed by atoms with Crippen molar-refractivity contribution in [1.29, 1.82) is 0 Å².